The molecule has 4 rings (SSSR count). The molecule has 7 nitrogen and oxygen atoms in total. The van der Waals surface area contributed by atoms with E-state index in [9.17, 15) is 18.0 Å². The van der Waals surface area contributed by atoms with E-state index < -0.39 is 28.5 Å². The number of carbonyl (C=O) groups excluding carboxylic acids is 2. The maximum atomic E-state index is 14.5. The Bertz CT molecular complexity index is 1690. The lowest BCUT2D eigenvalue weighted by atomic mass is 10.0. The van der Waals surface area contributed by atoms with Gasteiger partial charge in [0, 0.05) is 19.5 Å². The molecule has 0 aromatic heterocycles. The molecule has 0 saturated heterocycles. The second-order valence-electron chi connectivity index (χ2n) is 11.6. The van der Waals surface area contributed by atoms with Crippen molar-refractivity contribution in [1.82, 2.24) is 10.2 Å². The van der Waals surface area contributed by atoms with Gasteiger partial charge in [0.05, 0.1) is 10.6 Å². The SMILES string of the molecule is CCNC(=O)[C@H](Cc1ccccc1)N(Cc1ccccc1C)C(=O)CN(c1ccc(C(C)C)cc1)S(=O)(=O)c1ccc(C)cc1. The first-order valence-corrected chi connectivity index (χ1v) is 16.8. The second kappa shape index (κ2) is 15.0. The minimum Gasteiger partial charge on any atom is -0.355 e. The van der Waals surface area contributed by atoms with Gasteiger partial charge in [-0.25, -0.2) is 8.42 Å². The smallest absolute Gasteiger partial charge is 0.264 e. The van der Waals surface area contributed by atoms with Crippen molar-refractivity contribution in [3.8, 4) is 0 Å². The fourth-order valence-electron chi connectivity index (χ4n) is 5.21. The minimum atomic E-state index is -4.14. The standard InChI is InChI=1S/C37H43N3O4S/c1-6-38-37(42)35(24-30-13-8-7-9-14-30)39(25-32-15-11-10-12-29(32)5)36(41)26-40(33-20-18-31(19-21-33)27(2)3)45(43,44)34-22-16-28(4)17-23-34/h7-23,27,35H,6,24-26H2,1-5H3,(H,38,42)/t35-/m0/s1. The fourth-order valence-corrected chi connectivity index (χ4v) is 6.62. The average Bonchev–Trinajstić information content (AvgIpc) is 3.03. The van der Waals surface area contributed by atoms with Gasteiger partial charge in [-0.1, -0.05) is 98.3 Å². The van der Waals surface area contributed by atoms with E-state index in [0.29, 0.717) is 12.2 Å². The van der Waals surface area contributed by atoms with Crippen LogP contribution in [0, 0.1) is 13.8 Å². The second-order valence-corrected chi connectivity index (χ2v) is 13.5. The van der Waals surface area contributed by atoms with Crippen molar-refractivity contribution in [2.24, 2.45) is 0 Å². The monoisotopic (exact) mass is 625 g/mol. The third kappa shape index (κ3) is 8.39. The van der Waals surface area contributed by atoms with Crippen LogP contribution in [0.1, 0.15) is 54.5 Å². The number of sulfonamides is 1. The molecule has 0 aliphatic carbocycles. The number of carbonyl (C=O) groups is 2. The maximum Gasteiger partial charge on any atom is 0.264 e. The zero-order chi connectivity index (χ0) is 32.6. The molecular formula is C37H43N3O4S. The van der Waals surface area contributed by atoms with Crippen LogP contribution in [-0.4, -0.2) is 44.3 Å². The number of likely N-dealkylation sites (N-methyl/N-ethyl adjacent to an activating group) is 1. The summed E-state index contributed by atoms with van der Waals surface area (Å²) in [6.07, 6.45) is 0.276. The van der Waals surface area contributed by atoms with Crippen LogP contribution >= 0.6 is 0 Å². The van der Waals surface area contributed by atoms with E-state index in [2.05, 4.69) is 19.2 Å². The number of amides is 2. The molecule has 0 bridgehead atoms. The number of hydrogen-bond acceptors (Lipinski definition) is 4. The van der Waals surface area contributed by atoms with Gasteiger partial charge in [-0.3, -0.25) is 13.9 Å². The third-order valence-corrected chi connectivity index (χ3v) is 9.75. The van der Waals surface area contributed by atoms with E-state index in [1.54, 1.807) is 36.4 Å². The highest BCUT2D eigenvalue weighted by Gasteiger charge is 2.34. The number of benzene rings is 4. The van der Waals surface area contributed by atoms with Crippen molar-refractivity contribution in [3.05, 3.63) is 131 Å². The van der Waals surface area contributed by atoms with Crippen molar-refractivity contribution in [2.75, 3.05) is 17.4 Å². The number of aryl methyl sites for hydroxylation is 2. The number of anilines is 1. The summed E-state index contributed by atoms with van der Waals surface area (Å²) in [5.74, 6) is -0.519. The molecule has 0 heterocycles. The van der Waals surface area contributed by atoms with Gasteiger partial charge in [0.15, 0.2) is 0 Å². The first-order valence-electron chi connectivity index (χ1n) is 15.4. The molecule has 236 valence electrons. The topological polar surface area (TPSA) is 86.8 Å². The Morgan fingerprint density at radius 1 is 0.800 bits per heavy atom. The molecule has 0 radical (unpaired) electrons. The predicted octanol–water partition coefficient (Wildman–Crippen LogP) is 6.40. The predicted molar refractivity (Wildman–Crippen MR) is 181 cm³/mol. The number of hydrogen-bond donors (Lipinski definition) is 1. The van der Waals surface area contributed by atoms with E-state index in [4.69, 9.17) is 0 Å². The molecule has 1 N–H and O–H groups in total. The molecule has 0 fully saturated rings. The first kappa shape index (κ1) is 33.5. The molecule has 0 saturated carbocycles. The van der Waals surface area contributed by atoms with Gasteiger partial charge in [-0.15, -0.1) is 0 Å². The summed E-state index contributed by atoms with van der Waals surface area (Å²) in [6, 6.07) is 30.2. The van der Waals surface area contributed by atoms with Crippen molar-refractivity contribution in [1.29, 1.82) is 0 Å². The Balaban J connectivity index is 1.81. The van der Waals surface area contributed by atoms with Gasteiger partial charge in [0.1, 0.15) is 12.6 Å². The molecule has 4 aromatic carbocycles. The lowest BCUT2D eigenvalue weighted by molar-refractivity contribution is -0.140. The number of nitrogens with one attached hydrogen (secondary N) is 1. The quantitative estimate of drug-likeness (QED) is 0.186. The summed E-state index contributed by atoms with van der Waals surface area (Å²) in [6.45, 7) is 9.88. The zero-order valence-electron chi connectivity index (χ0n) is 26.7. The highest BCUT2D eigenvalue weighted by molar-refractivity contribution is 7.92. The van der Waals surface area contributed by atoms with Crippen LogP contribution in [0.3, 0.4) is 0 Å². The zero-order valence-corrected chi connectivity index (χ0v) is 27.6. The maximum absolute atomic E-state index is 14.5. The molecular weight excluding hydrogens is 582 g/mol. The Labute approximate surface area is 268 Å². The van der Waals surface area contributed by atoms with E-state index in [1.807, 2.05) is 87.5 Å². The largest absolute Gasteiger partial charge is 0.355 e. The summed E-state index contributed by atoms with van der Waals surface area (Å²) in [7, 11) is -4.14. The van der Waals surface area contributed by atoms with Crippen LogP contribution in [-0.2, 0) is 32.6 Å². The van der Waals surface area contributed by atoms with Crippen LogP contribution in [0.15, 0.2) is 108 Å². The third-order valence-electron chi connectivity index (χ3n) is 7.96. The summed E-state index contributed by atoms with van der Waals surface area (Å²) < 4.78 is 29.6. The highest BCUT2D eigenvalue weighted by atomic mass is 32.2. The van der Waals surface area contributed by atoms with Crippen LogP contribution < -0.4 is 9.62 Å². The van der Waals surface area contributed by atoms with E-state index in [1.165, 1.54) is 4.90 Å². The van der Waals surface area contributed by atoms with Crippen molar-refractivity contribution < 1.29 is 18.0 Å². The Hall–Kier alpha value is -4.43. The molecule has 2 amide bonds. The molecule has 45 heavy (non-hydrogen) atoms. The molecule has 0 aliphatic heterocycles. The Morgan fingerprint density at radius 3 is 2.02 bits per heavy atom. The van der Waals surface area contributed by atoms with E-state index in [-0.39, 0.29) is 29.7 Å². The molecule has 4 aromatic rings. The Kier molecular flexibility index (Phi) is 11.2. The van der Waals surface area contributed by atoms with Gasteiger partial charge in [-0.05, 0) is 73.2 Å². The van der Waals surface area contributed by atoms with Crippen molar-refractivity contribution in [2.45, 2.75) is 64.4 Å². The molecule has 8 heteroatoms. The molecule has 0 unspecified atom stereocenters. The Morgan fingerprint density at radius 2 is 1.42 bits per heavy atom. The lowest BCUT2D eigenvalue weighted by Gasteiger charge is -2.34. The molecule has 0 aliphatic rings. The van der Waals surface area contributed by atoms with Crippen molar-refractivity contribution in [3.63, 3.8) is 0 Å². The molecule has 1 atom stereocenters. The van der Waals surface area contributed by atoms with Gasteiger partial charge in [0.25, 0.3) is 10.0 Å². The normalized spacial score (nSPS) is 12.0. The van der Waals surface area contributed by atoms with Gasteiger partial charge >= 0.3 is 0 Å². The first-order chi connectivity index (χ1) is 21.5. The average molecular weight is 626 g/mol. The van der Waals surface area contributed by atoms with Crippen LogP contribution in [0.2, 0.25) is 0 Å². The van der Waals surface area contributed by atoms with Crippen LogP contribution in [0.25, 0.3) is 0 Å². The van der Waals surface area contributed by atoms with Gasteiger partial charge in [0.2, 0.25) is 11.8 Å². The summed E-state index contributed by atoms with van der Waals surface area (Å²) >= 11 is 0. The number of nitrogens with zero attached hydrogens (tertiary/aromatic N) is 2. The lowest BCUT2D eigenvalue weighted by Crippen LogP contribution is -2.53. The summed E-state index contributed by atoms with van der Waals surface area (Å²) in [4.78, 5) is 29.8. The minimum absolute atomic E-state index is 0.0869. The fraction of sp³-hybridized carbons (Fsp3) is 0.297. The summed E-state index contributed by atoms with van der Waals surface area (Å²) in [5, 5.41) is 2.90. The van der Waals surface area contributed by atoms with Gasteiger partial charge in [-0.2, -0.15) is 0 Å². The molecule has 0 spiro atoms. The van der Waals surface area contributed by atoms with Crippen molar-refractivity contribution >= 4 is 27.5 Å². The van der Waals surface area contributed by atoms with Crippen LogP contribution in [0.5, 0.6) is 0 Å². The van der Waals surface area contributed by atoms with E-state index >= 15 is 0 Å². The van der Waals surface area contributed by atoms with Crippen LogP contribution in [0.4, 0.5) is 5.69 Å². The number of rotatable bonds is 13. The highest BCUT2D eigenvalue weighted by Crippen LogP contribution is 2.27. The summed E-state index contributed by atoms with van der Waals surface area (Å²) in [5.41, 5.74) is 5.10. The van der Waals surface area contributed by atoms with Gasteiger partial charge < -0.3 is 10.2 Å². The van der Waals surface area contributed by atoms with E-state index in [0.717, 1.165) is 32.1 Å².